The molecule has 0 aromatic heterocycles. The number of benzene rings is 7. The van der Waals surface area contributed by atoms with Crippen molar-refractivity contribution in [1.82, 2.24) is 0 Å². The average Bonchev–Trinajstić information content (AvgIpc) is 2.93. The second-order valence-corrected chi connectivity index (χ2v) is 8.92. The Morgan fingerprint density at radius 3 is 1.21 bits per heavy atom. The Labute approximate surface area is 198 Å². The predicted octanol–water partition coefficient (Wildman–Crippen LogP) is 9.63. The van der Waals surface area contributed by atoms with Crippen LogP contribution in [-0.4, -0.2) is 0 Å². The van der Waals surface area contributed by atoms with Crippen LogP contribution in [0.25, 0.3) is 65.3 Å². The molecule has 0 heteroatoms. The minimum Gasteiger partial charge on any atom is -0.0622 e. The van der Waals surface area contributed by atoms with Gasteiger partial charge in [0.2, 0.25) is 0 Å². The van der Waals surface area contributed by atoms with E-state index in [9.17, 15) is 0 Å². The summed E-state index contributed by atoms with van der Waals surface area (Å²) < 4.78 is 0. The normalized spacial score (nSPS) is 11.5. The molecule has 0 spiro atoms. The van der Waals surface area contributed by atoms with Crippen LogP contribution in [0.5, 0.6) is 0 Å². The molecule has 7 aromatic carbocycles. The molecule has 0 atom stereocenters. The lowest BCUT2D eigenvalue weighted by molar-refractivity contribution is 1.64. The van der Waals surface area contributed by atoms with Crippen molar-refractivity contribution in [3.8, 4) is 22.3 Å². The quantitative estimate of drug-likeness (QED) is 0.239. The maximum Gasteiger partial charge on any atom is -0.00928 e. The summed E-state index contributed by atoms with van der Waals surface area (Å²) in [4.78, 5) is 0. The van der Waals surface area contributed by atoms with Gasteiger partial charge < -0.3 is 0 Å². The first-order valence-corrected chi connectivity index (χ1v) is 11.8. The third-order valence-electron chi connectivity index (χ3n) is 7.06. The van der Waals surface area contributed by atoms with E-state index >= 15 is 0 Å². The Bertz CT molecular complexity index is 1810. The third-order valence-corrected chi connectivity index (χ3v) is 7.06. The summed E-state index contributed by atoms with van der Waals surface area (Å²) in [6, 6.07) is 48.5. The highest BCUT2D eigenvalue weighted by Gasteiger charge is 2.12. The van der Waals surface area contributed by atoms with Gasteiger partial charge >= 0.3 is 0 Å². The van der Waals surface area contributed by atoms with E-state index in [-0.39, 0.29) is 0 Å². The first-order valence-electron chi connectivity index (χ1n) is 11.8. The maximum atomic E-state index is 2.38. The van der Waals surface area contributed by atoms with Crippen molar-refractivity contribution < 1.29 is 0 Å². The van der Waals surface area contributed by atoms with Crippen LogP contribution >= 0.6 is 0 Å². The topological polar surface area (TPSA) is 0 Å². The molecule has 0 N–H and O–H groups in total. The molecule has 0 aliphatic heterocycles. The molecule has 0 bridgehead atoms. The standard InChI is InChI=1S/C34H22/c1-2-10-23(11-3-1)25-20-21-26(28-13-5-4-12-27(25)28)24-18-19-33-31-16-7-6-14-29(31)30-15-8-9-17-32(30)34(33)22-24/h1-22H. The van der Waals surface area contributed by atoms with Gasteiger partial charge in [-0.25, -0.2) is 0 Å². The van der Waals surface area contributed by atoms with Gasteiger partial charge in [0.1, 0.15) is 0 Å². The Kier molecular flexibility index (Phi) is 4.25. The Morgan fingerprint density at radius 2 is 0.647 bits per heavy atom. The number of hydrogen-bond donors (Lipinski definition) is 0. The van der Waals surface area contributed by atoms with Gasteiger partial charge in [0.25, 0.3) is 0 Å². The number of rotatable bonds is 2. The van der Waals surface area contributed by atoms with E-state index in [0.717, 1.165) is 0 Å². The molecule has 0 saturated carbocycles. The molecular weight excluding hydrogens is 408 g/mol. The smallest absolute Gasteiger partial charge is 0.00928 e. The van der Waals surface area contributed by atoms with Gasteiger partial charge in [0, 0.05) is 0 Å². The van der Waals surface area contributed by atoms with Crippen molar-refractivity contribution in [1.29, 1.82) is 0 Å². The van der Waals surface area contributed by atoms with E-state index in [0.29, 0.717) is 0 Å². The molecule has 158 valence electrons. The van der Waals surface area contributed by atoms with E-state index in [1.165, 1.54) is 65.3 Å². The van der Waals surface area contributed by atoms with Crippen molar-refractivity contribution >= 4 is 43.1 Å². The van der Waals surface area contributed by atoms with Crippen LogP contribution in [0.15, 0.2) is 133 Å². The number of hydrogen-bond acceptors (Lipinski definition) is 0. The molecular formula is C34H22. The fraction of sp³-hybridized carbons (Fsp3) is 0. The highest BCUT2D eigenvalue weighted by Crippen LogP contribution is 2.40. The van der Waals surface area contributed by atoms with Gasteiger partial charge in [0.15, 0.2) is 0 Å². The van der Waals surface area contributed by atoms with Crippen LogP contribution in [0.3, 0.4) is 0 Å². The molecule has 0 amide bonds. The maximum absolute atomic E-state index is 2.38. The van der Waals surface area contributed by atoms with E-state index < -0.39 is 0 Å². The fourth-order valence-electron chi connectivity index (χ4n) is 5.50. The molecule has 34 heavy (non-hydrogen) atoms. The lowest BCUT2D eigenvalue weighted by Gasteiger charge is -2.14. The Hall–Kier alpha value is -4.42. The zero-order valence-electron chi connectivity index (χ0n) is 18.7. The van der Waals surface area contributed by atoms with Gasteiger partial charge in [0.05, 0.1) is 0 Å². The highest BCUT2D eigenvalue weighted by atomic mass is 14.2. The average molecular weight is 431 g/mol. The van der Waals surface area contributed by atoms with Crippen LogP contribution in [0.4, 0.5) is 0 Å². The fourth-order valence-corrected chi connectivity index (χ4v) is 5.50. The Morgan fingerprint density at radius 1 is 0.235 bits per heavy atom. The van der Waals surface area contributed by atoms with Crippen molar-refractivity contribution in [2.75, 3.05) is 0 Å². The molecule has 0 saturated heterocycles. The van der Waals surface area contributed by atoms with E-state index in [1.807, 2.05) is 0 Å². The summed E-state index contributed by atoms with van der Waals surface area (Å²) in [6.07, 6.45) is 0. The first kappa shape index (κ1) is 19.1. The molecule has 0 nitrogen and oxygen atoms in total. The lowest BCUT2D eigenvalue weighted by Crippen LogP contribution is -1.88. The van der Waals surface area contributed by atoms with Gasteiger partial charge in [-0.2, -0.15) is 0 Å². The second-order valence-electron chi connectivity index (χ2n) is 8.92. The van der Waals surface area contributed by atoms with Crippen LogP contribution in [0.1, 0.15) is 0 Å². The summed E-state index contributed by atoms with van der Waals surface area (Å²) in [6.45, 7) is 0. The molecule has 0 radical (unpaired) electrons. The van der Waals surface area contributed by atoms with E-state index in [2.05, 4.69) is 133 Å². The molecule has 0 aliphatic rings. The summed E-state index contributed by atoms with van der Waals surface area (Å²) >= 11 is 0. The molecule has 0 fully saturated rings. The van der Waals surface area contributed by atoms with Gasteiger partial charge in [-0.3, -0.25) is 0 Å². The molecule has 0 unspecified atom stereocenters. The van der Waals surface area contributed by atoms with Crippen LogP contribution in [0, 0.1) is 0 Å². The molecule has 7 aromatic rings. The largest absolute Gasteiger partial charge is 0.0622 e. The first-order chi connectivity index (χ1) is 16.9. The number of fused-ring (bicyclic) bond motifs is 7. The van der Waals surface area contributed by atoms with Gasteiger partial charge in [-0.1, -0.05) is 127 Å². The SMILES string of the molecule is c1ccc(-c2ccc(-c3ccc4c5ccccc5c5ccccc5c4c3)c3ccccc23)cc1. The summed E-state index contributed by atoms with van der Waals surface area (Å²) in [5.41, 5.74) is 5.05. The third kappa shape index (κ3) is 2.86. The highest BCUT2D eigenvalue weighted by molar-refractivity contribution is 6.26. The van der Waals surface area contributed by atoms with Crippen molar-refractivity contribution in [2.24, 2.45) is 0 Å². The lowest BCUT2D eigenvalue weighted by atomic mass is 9.89. The zero-order valence-corrected chi connectivity index (χ0v) is 18.7. The van der Waals surface area contributed by atoms with Gasteiger partial charge in [-0.15, -0.1) is 0 Å². The second kappa shape index (κ2) is 7.57. The molecule has 7 rings (SSSR count). The van der Waals surface area contributed by atoms with Crippen molar-refractivity contribution in [3.63, 3.8) is 0 Å². The van der Waals surface area contributed by atoms with E-state index in [4.69, 9.17) is 0 Å². The van der Waals surface area contributed by atoms with Crippen LogP contribution in [-0.2, 0) is 0 Å². The van der Waals surface area contributed by atoms with Crippen molar-refractivity contribution in [3.05, 3.63) is 133 Å². The molecule has 0 heterocycles. The minimum atomic E-state index is 1.25. The van der Waals surface area contributed by atoms with Gasteiger partial charge in [-0.05, 0) is 71.4 Å². The van der Waals surface area contributed by atoms with Crippen LogP contribution in [0.2, 0.25) is 0 Å². The van der Waals surface area contributed by atoms with E-state index in [1.54, 1.807) is 0 Å². The van der Waals surface area contributed by atoms with Crippen molar-refractivity contribution in [2.45, 2.75) is 0 Å². The van der Waals surface area contributed by atoms with Crippen LogP contribution < -0.4 is 0 Å². The zero-order chi connectivity index (χ0) is 22.5. The molecule has 0 aliphatic carbocycles. The Balaban J connectivity index is 1.53. The summed E-state index contributed by atoms with van der Waals surface area (Å²) in [5, 5.41) is 10.4. The summed E-state index contributed by atoms with van der Waals surface area (Å²) in [5.74, 6) is 0. The monoisotopic (exact) mass is 430 g/mol. The minimum absolute atomic E-state index is 1.25. The summed E-state index contributed by atoms with van der Waals surface area (Å²) in [7, 11) is 0. The predicted molar refractivity (Wildman–Crippen MR) is 147 cm³/mol.